The molecule has 2 heterocycles. The van der Waals surface area contributed by atoms with Crippen molar-refractivity contribution in [2.24, 2.45) is 0 Å². The van der Waals surface area contributed by atoms with Crippen molar-refractivity contribution in [2.75, 3.05) is 11.9 Å². The molecule has 140 valence electrons. The molecule has 8 heteroatoms. The van der Waals surface area contributed by atoms with Crippen molar-refractivity contribution in [3.63, 3.8) is 0 Å². The van der Waals surface area contributed by atoms with E-state index in [9.17, 15) is 13.2 Å². The quantitative estimate of drug-likeness (QED) is 0.726. The third-order valence-electron chi connectivity index (χ3n) is 4.63. The predicted octanol–water partition coefficient (Wildman–Crippen LogP) is 3.48. The number of benzene rings is 2. The molecule has 1 aliphatic rings. The highest BCUT2D eigenvalue weighted by Crippen LogP contribution is 2.29. The van der Waals surface area contributed by atoms with Gasteiger partial charge in [0.05, 0.1) is 15.1 Å². The number of hydrogen-bond donors (Lipinski definition) is 1. The molecule has 0 aliphatic carbocycles. The number of carbonyl (C=O) groups excluding carboxylic acids is 1. The Balaban J connectivity index is 1.59. The third-order valence-corrected chi connectivity index (χ3v) is 7.50. The summed E-state index contributed by atoms with van der Waals surface area (Å²) in [6.45, 7) is 0.342. The van der Waals surface area contributed by atoms with Gasteiger partial charge in [0, 0.05) is 6.54 Å². The topological polar surface area (TPSA) is 79.4 Å². The zero-order chi connectivity index (χ0) is 18.9. The fourth-order valence-corrected chi connectivity index (χ4v) is 5.84. The summed E-state index contributed by atoms with van der Waals surface area (Å²) >= 11 is 1.38. The lowest BCUT2D eigenvalue weighted by atomic mass is 10.0. The fourth-order valence-electron chi connectivity index (χ4n) is 3.30. The van der Waals surface area contributed by atoms with E-state index in [1.54, 1.807) is 30.3 Å². The number of piperidine rings is 1. The Hall–Kier alpha value is -2.29. The zero-order valence-corrected chi connectivity index (χ0v) is 16.2. The van der Waals surface area contributed by atoms with E-state index in [2.05, 4.69) is 10.3 Å². The molecule has 6 nitrogen and oxygen atoms in total. The molecule has 1 N–H and O–H groups in total. The first kappa shape index (κ1) is 18.1. The van der Waals surface area contributed by atoms with Gasteiger partial charge < -0.3 is 5.32 Å². The summed E-state index contributed by atoms with van der Waals surface area (Å²) in [5.74, 6) is -0.326. The molecule has 1 aliphatic heterocycles. The highest BCUT2D eigenvalue weighted by atomic mass is 32.2. The minimum Gasteiger partial charge on any atom is -0.301 e. The average molecular weight is 402 g/mol. The van der Waals surface area contributed by atoms with Gasteiger partial charge in [0.1, 0.15) is 6.04 Å². The smallest absolute Gasteiger partial charge is 0.244 e. The molecular weight excluding hydrogens is 382 g/mol. The first-order valence-corrected chi connectivity index (χ1v) is 11.0. The van der Waals surface area contributed by atoms with Crippen LogP contribution in [0.2, 0.25) is 0 Å². The summed E-state index contributed by atoms with van der Waals surface area (Å²) in [5, 5.41) is 3.31. The van der Waals surface area contributed by atoms with Crippen LogP contribution in [0.15, 0.2) is 59.5 Å². The molecule has 1 aromatic heterocycles. The lowest BCUT2D eigenvalue weighted by Crippen LogP contribution is -2.49. The second kappa shape index (κ2) is 7.38. The van der Waals surface area contributed by atoms with Gasteiger partial charge in [0.2, 0.25) is 15.9 Å². The van der Waals surface area contributed by atoms with Crippen molar-refractivity contribution in [2.45, 2.75) is 30.2 Å². The average Bonchev–Trinajstić information content (AvgIpc) is 3.11. The fraction of sp³-hybridized carbons (Fsp3) is 0.263. The highest BCUT2D eigenvalue weighted by Gasteiger charge is 2.37. The van der Waals surface area contributed by atoms with Crippen LogP contribution in [0.4, 0.5) is 5.13 Å². The zero-order valence-electron chi connectivity index (χ0n) is 14.5. The van der Waals surface area contributed by atoms with Crippen LogP contribution in [-0.4, -0.2) is 36.2 Å². The van der Waals surface area contributed by atoms with Crippen molar-refractivity contribution in [1.82, 2.24) is 9.29 Å². The van der Waals surface area contributed by atoms with Gasteiger partial charge in [-0.05, 0) is 37.1 Å². The molecule has 1 fully saturated rings. The van der Waals surface area contributed by atoms with Gasteiger partial charge in [-0.25, -0.2) is 13.4 Å². The standard InChI is InChI=1S/C19H19N3O3S2/c23-18(21-19-20-15-10-4-5-12-17(15)26-19)16-11-6-7-13-22(16)27(24,25)14-8-2-1-3-9-14/h1-5,8-10,12,16H,6-7,11,13H2,(H,20,21,23)/t16-/m1/s1. The minimum absolute atomic E-state index is 0.213. The first-order chi connectivity index (χ1) is 13.1. The Labute approximate surface area is 161 Å². The molecule has 1 amide bonds. The number of carbonyl (C=O) groups is 1. The van der Waals surface area contributed by atoms with Crippen LogP contribution in [0.5, 0.6) is 0 Å². The molecule has 0 saturated carbocycles. The SMILES string of the molecule is O=C(Nc1nc2ccccc2s1)[C@H]1CCCCN1S(=O)(=O)c1ccccc1. The van der Waals surface area contributed by atoms with E-state index in [0.29, 0.717) is 18.1 Å². The number of aromatic nitrogens is 1. The van der Waals surface area contributed by atoms with Gasteiger partial charge >= 0.3 is 0 Å². The molecule has 0 bridgehead atoms. The van der Waals surface area contributed by atoms with Crippen LogP contribution in [0.25, 0.3) is 10.2 Å². The van der Waals surface area contributed by atoms with Crippen LogP contribution < -0.4 is 5.32 Å². The summed E-state index contributed by atoms with van der Waals surface area (Å²) in [6.07, 6.45) is 2.07. The molecule has 4 rings (SSSR count). The first-order valence-electron chi connectivity index (χ1n) is 8.79. The molecule has 2 aromatic carbocycles. The molecule has 0 spiro atoms. The molecule has 3 aromatic rings. The van der Waals surface area contributed by atoms with Crippen molar-refractivity contribution in [3.8, 4) is 0 Å². The summed E-state index contributed by atoms with van der Waals surface area (Å²) in [4.78, 5) is 17.5. The molecule has 1 atom stereocenters. The number of thiazole rings is 1. The maximum atomic E-state index is 13.0. The molecule has 0 unspecified atom stereocenters. The van der Waals surface area contributed by atoms with Crippen LogP contribution >= 0.6 is 11.3 Å². The Morgan fingerprint density at radius 1 is 1.07 bits per heavy atom. The van der Waals surface area contributed by atoms with Crippen LogP contribution in [0, 0.1) is 0 Å². The normalized spacial score (nSPS) is 18.4. The number of nitrogens with zero attached hydrogens (tertiary/aromatic N) is 2. The second-order valence-electron chi connectivity index (χ2n) is 6.42. The summed E-state index contributed by atoms with van der Waals surface area (Å²) in [5.41, 5.74) is 0.815. The maximum absolute atomic E-state index is 13.0. The number of amides is 1. The summed E-state index contributed by atoms with van der Waals surface area (Å²) in [6, 6.07) is 15.2. The number of rotatable bonds is 4. The Bertz CT molecular complexity index is 1030. The molecular formula is C19H19N3O3S2. The second-order valence-corrected chi connectivity index (χ2v) is 9.34. The van der Waals surface area contributed by atoms with Crippen molar-refractivity contribution in [1.29, 1.82) is 0 Å². The third kappa shape index (κ3) is 3.60. The lowest BCUT2D eigenvalue weighted by Gasteiger charge is -2.33. The maximum Gasteiger partial charge on any atom is 0.244 e. The Morgan fingerprint density at radius 2 is 1.81 bits per heavy atom. The van der Waals surface area contributed by atoms with E-state index in [0.717, 1.165) is 23.1 Å². The lowest BCUT2D eigenvalue weighted by molar-refractivity contribution is -0.120. The van der Waals surface area contributed by atoms with Crippen LogP contribution in [0.3, 0.4) is 0 Å². The number of sulfonamides is 1. The summed E-state index contributed by atoms with van der Waals surface area (Å²) < 4.78 is 28.4. The van der Waals surface area contributed by atoms with Crippen molar-refractivity contribution >= 4 is 42.6 Å². The number of anilines is 1. The number of hydrogen-bond acceptors (Lipinski definition) is 5. The largest absolute Gasteiger partial charge is 0.301 e. The number of para-hydroxylation sites is 1. The minimum atomic E-state index is -3.72. The number of fused-ring (bicyclic) bond motifs is 1. The van der Waals surface area contributed by atoms with Gasteiger partial charge in [-0.15, -0.1) is 0 Å². The monoisotopic (exact) mass is 401 g/mol. The molecule has 1 saturated heterocycles. The van der Waals surface area contributed by atoms with E-state index in [1.807, 2.05) is 24.3 Å². The van der Waals surface area contributed by atoms with Crippen molar-refractivity contribution < 1.29 is 13.2 Å². The predicted molar refractivity (Wildman–Crippen MR) is 106 cm³/mol. The Morgan fingerprint density at radius 3 is 2.59 bits per heavy atom. The molecule has 0 radical (unpaired) electrons. The number of nitrogens with one attached hydrogen (secondary N) is 1. The van der Waals surface area contributed by atoms with E-state index >= 15 is 0 Å². The van der Waals surface area contributed by atoms with Gasteiger partial charge in [0.25, 0.3) is 0 Å². The Kier molecular flexibility index (Phi) is 4.94. The van der Waals surface area contributed by atoms with Crippen LogP contribution in [-0.2, 0) is 14.8 Å². The highest BCUT2D eigenvalue weighted by molar-refractivity contribution is 7.89. The molecule has 27 heavy (non-hydrogen) atoms. The van der Waals surface area contributed by atoms with E-state index < -0.39 is 16.1 Å². The van der Waals surface area contributed by atoms with Crippen molar-refractivity contribution in [3.05, 3.63) is 54.6 Å². The van der Waals surface area contributed by atoms with E-state index in [-0.39, 0.29) is 10.8 Å². The van der Waals surface area contributed by atoms with Gasteiger partial charge in [-0.1, -0.05) is 48.1 Å². The van der Waals surface area contributed by atoms with Gasteiger partial charge in [-0.3, -0.25) is 4.79 Å². The van der Waals surface area contributed by atoms with E-state index in [1.165, 1.54) is 15.6 Å². The van der Waals surface area contributed by atoms with Gasteiger partial charge in [0.15, 0.2) is 5.13 Å². The van der Waals surface area contributed by atoms with E-state index in [4.69, 9.17) is 0 Å². The van der Waals surface area contributed by atoms with Gasteiger partial charge in [-0.2, -0.15) is 4.31 Å². The van der Waals surface area contributed by atoms with Crippen LogP contribution in [0.1, 0.15) is 19.3 Å². The summed E-state index contributed by atoms with van der Waals surface area (Å²) in [7, 11) is -3.72.